The van der Waals surface area contributed by atoms with E-state index in [1.807, 2.05) is 0 Å². The maximum absolute atomic E-state index is 12.8. The highest BCUT2D eigenvalue weighted by Crippen LogP contribution is 2.35. The van der Waals surface area contributed by atoms with Crippen LogP contribution >= 0.6 is 0 Å². The highest BCUT2D eigenvalue weighted by atomic mass is 19.1. The Morgan fingerprint density at radius 3 is 2.54 bits per heavy atom. The third-order valence-electron chi connectivity index (χ3n) is 1.77. The van der Waals surface area contributed by atoms with E-state index in [0.717, 1.165) is 6.07 Å². The fraction of sp³-hybridized carbons (Fsp3) is 0.333. The molecule has 0 bridgehead atoms. The van der Waals surface area contributed by atoms with E-state index in [1.54, 1.807) is 0 Å². The zero-order valence-electron chi connectivity index (χ0n) is 7.41. The summed E-state index contributed by atoms with van der Waals surface area (Å²) >= 11 is 0. The maximum Gasteiger partial charge on any atom is 0.194 e. The van der Waals surface area contributed by atoms with Gasteiger partial charge in [0.1, 0.15) is 0 Å². The van der Waals surface area contributed by atoms with Crippen LogP contribution in [-0.2, 0) is 0 Å². The third-order valence-corrected chi connectivity index (χ3v) is 1.77. The van der Waals surface area contributed by atoms with Crippen LogP contribution in [-0.4, -0.2) is 17.3 Å². The Labute approximate surface area is 75.4 Å². The summed E-state index contributed by atoms with van der Waals surface area (Å²) in [6.45, 7) is 1.51. The molecule has 4 heteroatoms. The summed E-state index contributed by atoms with van der Waals surface area (Å²) < 4.78 is 17.6. The molecule has 1 unspecified atom stereocenters. The van der Waals surface area contributed by atoms with Crippen molar-refractivity contribution in [1.82, 2.24) is 0 Å². The number of methoxy groups -OCH3 is 1. The van der Waals surface area contributed by atoms with E-state index in [2.05, 4.69) is 0 Å². The summed E-state index contributed by atoms with van der Waals surface area (Å²) in [5, 5.41) is 18.5. The molecule has 0 radical (unpaired) electrons. The standard InChI is InChI=1S/C9H11FO3/c1-5(11)6-3-4-7(10)8(12)9(6)13-2/h3-5,11-12H,1-2H3. The number of aliphatic hydroxyl groups excluding tert-OH is 1. The van der Waals surface area contributed by atoms with Crippen molar-refractivity contribution in [2.75, 3.05) is 7.11 Å². The summed E-state index contributed by atoms with van der Waals surface area (Å²) in [4.78, 5) is 0. The molecular formula is C9H11FO3. The fourth-order valence-electron chi connectivity index (χ4n) is 1.11. The monoisotopic (exact) mass is 186 g/mol. The van der Waals surface area contributed by atoms with Gasteiger partial charge >= 0.3 is 0 Å². The van der Waals surface area contributed by atoms with Gasteiger partial charge < -0.3 is 14.9 Å². The van der Waals surface area contributed by atoms with Crippen molar-refractivity contribution in [2.45, 2.75) is 13.0 Å². The van der Waals surface area contributed by atoms with Crippen LogP contribution in [0.5, 0.6) is 11.5 Å². The molecule has 1 aromatic carbocycles. The molecular weight excluding hydrogens is 175 g/mol. The minimum atomic E-state index is -0.804. The van der Waals surface area contributed by atoms with Gasteiger partial charge in [-0.15, -0.1) is 0 Å². The second kappa shape index (κ2) is 3.62. The highest BCUT2D eigenvalue weighted by Gasteiger charge is 2.15. The largest absolute Gasteiger partial charge is 0.502 e. The van der Waals surface area contributed by atoms with Gasteiger partial charge in [-0.3, -0.25) is 0 Å². The van der Waals surface area contributed by atoms with E-state index >= 15 is 0 Å². The van der Waals surface area contributed by atoms with Gasteiger partial charge in [0, 0.05) is 5.56 Å². The van der Waals surface area contributed by atoms with E-state index < -0.39 is 17.7 Å². The van der Waals surface area contributed by atoms with Crippen LogP contribution in [0.3, 0.4) is 0 Å². The van der Waals surface area contributed by atoms with E-state index in [1.165, 1.54) is 20.1 Å². The van der Waals surface area contributed by atoms with Gasteiger partial charge in [0.05, 0.1) is 13.2 Å². The first-order valence-electron chi connectivity index (χ1n) is 3.81. The predicted molar refractivity (Wildman–Crippen MR) is 45.3 cm³/mol. The zero-order valence-corrected chi connectivity index (χ0v) is 7.41. The lowest BCUT2D eigenvalue weighted by molar-refractivity contribution is 0.192. The Morgan fingerprint density at radius 2 is 2.08 bits per heavy atom. The molecule has 1 atom stereocenters. The first kappa shape index (κ1) is 9.80. The van der Waals surface area contributed by atoms with Gasteiger partial charge in [-0.25, -0.2) is 4.39 Å². The van der Waals surface area contributed by atoms with Crippen LogP contribution in [0.1, 0.15) is 18.6 Å². The summed E-state index contributed by atoms with van der Waals surface area (Å²) in [6.07, 6.45) is -0.804. The number of hydrogen-bond acceptors (Lipinski definition) is 3. The number of halogens is 1. The lowest BCUT2D eigenvalue weighted by Gasteiger charge is -2.12. The molecule has 2 N–H and O–H groups in total. The van der Waals surface area contributed by atoms with E-state index in [4.69, 9.17) is 4.74 Å². The van der Waals surface area contributed by atoms with Crippen LogP contribution in [0.2, 0.25) is 0 Å². The Hall–Kier alpha value is -1.29. The third kappa shape index (κ3) is 1.72. The molecule has 3 nitrogen and oxygen atoms in total. The van der Waals surface area contributed by atoms with Gasteiger partial charge in [0.25, 0.3) is 0 Å². The zero-order chi connectivity index (χ0) is 10.0. The highest BCUT2D eigenvalue weighted by molar-refractivity contribution is 5.47. The molecule has 0 aromatic heterocycles. The molecule has 0 saturated carbocycles. The fourth-order valence-corrected chi connectivity index (χ4v) is 1.11. The number of phenols is 1. The minimum Gasteiger partial charge on any atom is -0.502 e. The number of hydrogen-bond donors (Lipinski definition) is 2. The van der Waals surface area contributed by atoms with Crippen LogP contribution in [0.15, 0.2) is 12.1 Å². The molecule has 0 amide bonds. The van der Waals surface area contributed by atoms with Crippen molar-refractivity contribution < 1.29 is 19.3 Å². The van der Waals surface area contributed by atoms with Crippen molar-refractivity contribution in [1.29, 1.82) is 0 Å². The SMILES string of the molecule is COc1c(C(C)O)ccc(F)c1O. The van der Waals surface area contributed by atoms with Gasteiger partial charge in [-0.2, -0.15) is 0 Å². The van der Waals surface area contributed by atoms with Crippen molar-refractivity contribution in [3.8, 4) is 11.5 Å². The number of benzene rings is 1. The van der Waals surface area contributed by atoms with Crippen molar-refractivity contribution in [3.05, 3.63) is 23.5 Å². The van der Waals surface area contributed by atoms with Gasteiger partial charge in [-0.1, -0.05) is 0 Å². The first-order chi connectivity index (χ1) is 6.07. The average molecular weight is 186 g/mol. The second-order valence-corrected chi connectivity index (χ2v) is 2.69. The van der Waals surface area contributed by atoms with Crippen molar-refractivity contribution in [2.24, 2.45) is 0 Å². The average Bonchev–Trinajstić information content (AvgIpc) is 2.09. The van der Waals surface area contributed by atoms with Crippen molar-refractivity contribution in [3.63, 3.8) is 0 Å². The second-order valence-electron chi connectivity index (χ2n) is 2.69. The molecule has 0 aliphatic heterocycles. The number of aliphatic hydroxyl groups is 1. The topological polar surface area (TPSA) is 49.7 Å². The van der Waals surface area contributed by atoms with E-state index in [9.17, 15) is 14.6 Å². The van der Waals surface area contributed by atoms with Crippen LogP contribution < -0.4 is 4.74 Å². The number of ether oxygens (including phenoxy) is 1. The number of phenolic OH excluding ortho intramolecular Hbond substituents is 1. The van der Waals surface area contributed by atoms with E-state index in [0.29, 0.717) is 5.56 Å². The summed E-state index contributed by atoms with van der Waals surface area (Å²) in [5.41, 5.74) is 0.362. The van der Waals surface area contributed by atoms with Gasteiger partial charge in [0.2, 0.25) is 0 Å². The minimum absolute atomic E-state index is 0.0185. The Balaban J connectivity index is 3.30. The lowest BCUT2D eigenvalue weighted by Crippen LogP contribution is -1.97. The summed E-state index contributed by atoms with van der Waals surface area (Å²) in [7, 11) is 1.31. The number of rotatable bonds is 2. The Bertz CT molecular complexity index is 310. The molecule has 0 heterocycles. The molecule has 13 heavy (non-hydrogen) atoms. The maximum atomic E-state index is 12.8. The number of aromatic hydroxyl groups is 1. The quantitative estimate of drug-likeness (QED) is 0.737. The summed E-state index contributed by atoms with van der Waals surface area (Å²) in [5.74, 6) is -1.35. The molecule has 1 rings (SSSR count). The predicted octanol–water partition coefficient (Wildman–Crippen LogP) is 1.59. The first-order valence-corrected chi connectivity index (χ1v) is 3.81. The van der Waals surface area contributed by atoms with Gasteiger partial charge in [0.15, 0.2) is 17.3 Å². The molecule has 72 valence electrons. The normalized spacial score (nSPS) is 12.6. The summed E-state index contributed by atoms with van der Waals surface area (Å²) in [6, 6.07) is 2.46. The molecule has 0 saturated heterocycles. The molecule has 1 aromatic rings. The van der Waals surface area contributed by atoms with Crippen molar-refractivity contribution >= 4 is 0 Å². The van der Waals surface area contributed by atoms with Crippen LogP contribution in [0.4, 0.5) is 4.39 Å². The smallest absolute Gasteiger partial charge is 0.194 e. The Morgan fingerprint density at radius 1 is 1.46 bits per heavy atom. The van der Waals surface area contributed by atoms with E-state index in [-0.39, 0.29) is 5.75 Å². The lowest BCUT2D eigenvalue weighted by atomic mass is 10.1. The molecule has 0 fully saturated rings. The van der Waals surface area contributed by atoms with Crippen LogP contribution in [0, 0.1) is 5.82 Å². The van der Waals surface area contributed by atoms with Gasteiger partial charge in [-0.05, 0) is 19.1 Å². The molecule has 0 spiro atoms. The van der Waals surface area contributed by atoms with Crippen LogP contribution in [0.25, 0.3) is 0 Å². The molecule has 0 aliphatic carbocycles. The molecule has 0 aliphatic rings. The Kier molecular flexibility index (Phi) is 2.72.